The smallest absolute Gasteiger partial charge is 0.309 e. The zero-order chi connectivity index (χ0) is 10.3. The van der Waals surface area contributed by atoms with Gasteiger partial charge in [-0.15, -0.1) is 0 Å². The van der Waals surface area contributed by atoms with Crippen LogP contribution in [-0.2, 0) is 13.6 Å². The molecule has 0 aromatic heterocycles. The SMILES string of the molecule is CCOP(=O)(OCC)C(CC)CI. The van der Waals surface area contributed by atoms with Gasteiger partial charge in [0.25, 0.3) is 0 Å². The summed E-state index contributed by atoms with van der Waals surface area (Å²) in [5, 5.41) is 0. The lowest BCUT2D eigenvalue weighted by molar-refractivity contribution is 0.213. The first-order chi connectivity index (χ1) is 6.14. The summed E-state index contributed by atoms with van der Waals surface area (Å²) in [5.74, 6) is 0. The van der Waals surface area contributed by atoms with Crippen LogP contribution < -0.4 is 0 Å². The molecule has 0 heterocycles. The second-order valence-electron chi connectivity index (χ2n) is 2.59. The van der Waals surface area contributed by atoms with E-state index in [-0.39, 0.29) is 5.66 Å². The van der Waals surface area contributed by atoms with E-state index >= 15 is 0 Å². The quantitative estimate of drug-likeness (QED) is 0.409. The molecule has 80 valence electrons. The Bertz CT molecular complexity index is 161. The molecule has 13 heavy (non-hydrogen) atoms. The van der Waals surface area contributed by atoms with Crippen LogP contribution in [-0.4, -0.2) is 23.3 Å². The number of rotatable bonds is 7. The summed E-state index contributed by atoms with van der Waals surface area (Å²) in [7, 11) is -2.84. The van der Waals surface area contributed by atoms with E-state index in [1.807, 2.05) is 20.8 Å². The molecule has 0 aromatic carbocycles. The first-order valence-electron chi connectivity index (χ1n) is 4.59. The van der Waals surface area contributed by atoms with Crippen LogP contribution in [0.5, 0.6) is 0 Å². The van der Waals surface area contributed by atoms with Gasteiger partial charge in [0, 0.05) is 4.43 Å². The maximum absolute atomic E-state index is 12.1. The molecule has 0 rings (SSSR count). The summed E-state index contributed by atoms with van der Waals surface area (Å²) >= 11 is 2.22. The summed E-state index contributed by atoms with van der Waals surface area (Å²) in [6.07, 6.45) is 0.834. The van der Waals surface area contributed by atoms with E-state index < -0.39 is 7.60 Å². The topological polar surface area (TPSA) is 35.5 Å². The molecular weight excluding hydrogens is 302 g/mol. The van der Waals surface area contributed by atoms with E-state index in [1.54, 1.807) is 0 Å². The van der Waals surface area contributed by atoms with Crippen LogP contribution >= 0.6 is 30.2 Å². The lowest BCUT2D eigenvalue weighted by Gasteiger charge is -2.23. The highest BCUT2D eigenvalue weighted by Crippen LogP contribution is 2.54. The Morgan fingerprint density at radius 1 is 1.23 bits per heavy atom. The highest BCUT2D eigenvalue weighted by atomic mass is 127. The van der Waals surface area contributed by atoms with Gasteiger partial charge in [0.1, 0.15) is 0 Å². The molecule has 0 bridgehead atoms. The third-order valence-corrected chi connectivity index (χ3v) is 6.15. The van der Waals surface area contributed by atoms with Gasteiger partial charge in [-0.05, 0) is 20.3 Å². The van der Waals surface area contributed by atoms with E-state index in [9.17, 15) is 4.57 Å². The Labute approximate surface area is 94.2 Å². The van der Waals surface area contributed by atoms with Crippen molar-refractivity contribution in [2.45, 2.75) is 32.9 Å². The molecule has 0 fully saturated rings. The van der Waals surface area contributed by atoms with Crippen LogP contribution in [0, 0.1) is 0 Å². The minimum absolute atomic E-state index is 0.0352. The maximum atomic E-state index is 12.1. The van der Waals surface area contributed by atoms with Crippen LogP contribution in [0.25, 0.3) is 0 Å². The molecule has 0 aliphatic carbocycles. The van der Waals surface area contributed by atoms with Gasteiger partial charge in [0.05, 0.1) is 18.9 Å². The normalized spacial score (nSPS) is 14.5. The van der Waals surface area contributed by atoms with Gasteiger partial charge in [0.15, 0.2) is 0 Å². The molecule has 0 aliphatic rings. The largest absolute Gasteiger partial charge is 0.334 e. The number of hydrogen-bond donors (Lipinski definition) is 0. The van der Waals surface area contributed by atoms with Gasteiger partial charge in [-0.2, -0.15) is 0 Å². The predicted octanol–water partition coefficient (Wildman–Crippen LogP) is 3.47. The summed E-state index contributed by atoms with van der Waals surface area (Å²) in [5.41, 5.74) is 0.0352. The van der Waals surface area contributed by atoms with Crippen molar-refractivity contribution in [2.24, 2.45) is 0 Å². The Hall–Kier alpha value is 0.880. The Kier molecular flexibility index (Phi) is 7.70. The first-order valence-corrected chi connectivity index (χ1v) is 7.73. The van der Waals surface area contributed by atoms with Crippen molar-refractivity contribution in [3.8, 4) is 0 Å². The molecule has 0 N–H and O–H groups in total. The zero-order valence-electron chi connectivity index (χ0n) is 8.46. The van der Waals surface area contributed by atoms with Crippen LogP contribution in [0.4, 0.5) is 0 Å². The Morgan fingerprint density at radius 2 is 1.69 bits per heavy atom. The van der Waals surface area contributed by atoms with Gasteiger partial charge in [-0.25, -0.2) is 0 Å². The fourth-order valence-electron chi connectivity index (χ4n) is 1.03. The average molecular weight is 320 g/mol. The fourth-order valence-corrected chi connectivity index (χ4v) is 4.93. The number of halogens is 1. The molecule has 3 nitrogen and oxygen atoms in total. The molecule has 0 spiro atoms. The van der Waals surface area contributed by atoms with Crippen molar-refractivity contribution >= 4 is 30.2 Å². The number of alkyl halides is 1. The van der Waals surface area contributed by atoms with E-state index in [0.29, 0.717) is 13.2 Å². The van der Waals surface area contributed by atoms with E-state index in [2.05, 4.69) is 22.6 Å². The van der Waals surface area contributed by atoms with Crippen molar-refractivity contribution in [2.75, 3.05) is 17.6 Å². The fraction of sp³-hybridized carbons (Fsp3) is 1.00. The molecule has 0 amide bonds. The molecule has 0 saturated heterocycles. The molecule has 0 aromatic rings. The monoisotopic (exact) mass is 320 g/mol. The highest BCUT2D eigenvalue weighted by Gasteiger charge is 2.32. The molecular formula is C8H18IO3P. The van der Waals surface area contributed by atoms with Crippen LogP contribution in [0.3, 0.4) is 0 Å². The maximum Gasteiger partial charge on any atom is 0.334 e. The minimum atomic E-state index is -2.84. The van der Waals surface area contributed by atoms with Gasteiger partial charge in [0.2, 0.25) is 0 Å². The predicted molar refractivity (Wildman–Crippen MR) is 63.8 cm³/mol. The lowest BCUT2D eigenvalue weighted by atomic mass is 10.4. The van der Waals surface area contributed by atoms with Crippen LogP contribution in [0.2, 0.25) is 0 Å². The molecule has 5 heteroatoms. The molecule has 0 radical (unpaired) electrons. The van der Waals surface area contributed by atoms with Gasteiger partial charge in [-0.3, -0.25) is 4.57 Å². The second kappa shape index (κ2) is 7.21. The Morgan fingerprint density at radius 3 is 1.92 bits per heavy atom. The average Bonchev–Trinajstić information content (AvgIpc) is 2.07. The second-order valence-corrected chi connectivity index (χ2v) is 5.80. The lowest BCUT2D eigenvalue weighted by Crippen LogP contribution is -2.13. The summed E-state index contributed by atoms with van der Waals surface area (Å²) < 4.78 is 23.4. The van der Waals surface area contributed by atoms with E-state index in [4.69, 9.17) is 9.05 Å². The molecule has 1 atom stereocenters. The molecule has 1 unspecified atom stereocenters. The van der Waals surface area contributed by atoms with E-state index in [1.165, 1.54) is 0 Å². The highest BCUT2D eigenvalue weighted by molar-refractivity contribution is 14.1. The summed E-state index contributed by atoms with van der Waals surface area (Å²) in [6.45, 7) is 6.58. The minimum Gasteiger partial charge on any atom is -0.309 e. The van der Waals surface area contributed by atoms with Crippen molar-refractivity contribution in [1.29, 1.82) is 0 Å². The van der Waals surface area contributed by atoms with Crippen LogP contribution in [0.15, 0.2) is 0 Å². The zero-order valence-corrected chi connectivity index (χ0v) is 11.5. The van der Waals surface area contributed by atoms with Crippen molar-refractivity contribution in [1.82, 2.24) is 0 Å². The molecule has 0 saturated carbocycles. The van der Waals surface area contributed by atoms with Crippen LogP contribution in [0.1, 0.15) is 27.2 Å². The van der Waals surface area contributed by atoms with Gasteiger partial charge < -0.3 is 9.05 Å². The summed E-state index contributed by atoms with van der Waals surface area (Å²) in [4.78, 5) is 0. The van der Waals surface area contributed by atoms with Crippen molar-refractivity contribution in [3.63, 3.8) is 0 Å². The number of hydrogen-bond acceptors (Lipinski definition) is 3. The van der Waals surface area contributed by atoms with Gasteiger partial charge >= 0.3 is 7.60 Å². The third kappa shape index (κ3) is 4.28. The third-order valence-electron chi connectivity index (χ3n) is 1.71. The van der Waals surface area contributed by atoms with Gasteiger partial charge in [-0.1, -0.05) is 29.5 Å². The summed E-state index contributed by atoms with van der Waals surface area (Å²) in [6, 6.07) is 0. The standard InChI is InChI=1S/C8H18IO3P/c1-4-8(7-9)13(10,11-5-2)12-6-3/h8H,4-7H2,1-3H3. The molecule has 0 aliphatic heterocycles. The first kappa shape index (κ1) is 13.9. The van der Waals surface area contributed by atoms with Crippen molar-refractivity contribution in [3.05, 3.63) is 0 Å². The van der Waals surface area contributed by atoms with E-state index in [0.717, 1.165) is 10.8 Å². The Balaban J connectivity index is 4.44. The van der Waals surface area contributed by atoms with Crippen molar-refractivity contribution < 1.29 is 13.6 Å².